The van der Waals surface area contributed by atoms with E-state index in [0.717, 1.165) is 17.9 Å². The molecule has 1 aromatic carbocycles. The van der Waals surface area contributed by atoms with Gasteiger partial charge in [-0.3, -0.25) is 0 Å². The molecule has 0 aliphatic heterocycles. The molecule has 0 unspecified atom stereocenters. The molecule has 0 saturated heterocycles. The molecule has 1 aliphatic rings. The number of halogens is 2. The first-order valence-corrected chi connectivity index (χ1v) is 11.6. The van der Waals surface area contributed by atoms with Gasteiger partial charge in [0.2, 0.25) is 0 Å². The zero-order valence-corrected chi connectivity index (χ0v) is 21.9. The number of hydrogen-bond acceptors (Lipinski definition) is 2. The van der Waals surface area contributed by atoms with E-state index in [1.807, 2.05) is 6.07 Å². The first kappa shape index (κ1) is 27.5. The average molecular weight is 463 g/mol. The fourth-order valence-electron chi connectivity index (χ4n) is 3.19. The van der Waals surface area contributed by atoms with Crippen LogP contribution in [-0.4, -0.2) is 10.9 Å². The van der Waals surface area contributed by atoms with Crippen LogP contribution in [0.4, 0.5) is 0 Å². The number of benzene rings is 1. The van der Waals surface area contributed by atoms with Crippen LogP contribution in [0.5, 0.6) is 11.5 Å². The van der Waals surface area contributed by atoms with Gasteiger partial charge in [-0.1, -0.05) is 0 Å². The summed E-state index contributed by atoms with van der Waals surface area (Å²) in [6.07, 6.45) is 5.63. The van der Waals surface area contributed by atoms with Crippen molar-refractivity contribution < 1.29 is 25.9 Å². The van der Waals surface area contributed by atoms with E-state index in [0.29, 0.717) is 0 Å². The van der Waals surface area contributed by atoms with Gasteiger partial charge in [0, 0.05) is 0 Å². The Hall–Kier alpha value is -0.536. The molecule has 158 valence electrons. The maximum absolute atomic E-state index is 6.72. The van der Waals surface area contributed by atoms with E-state index in [9.17, 15) is 0 Å². The quantitative estimate of drug-likeness (QED) is 0.439. The van der Waals surface area contributed by atoms with Gasteiger partial charge in [0.25, 0.3) is 0 Å². The van der Waals surface area contributed by atoms with E-state index < -0.39 is 17.8 Å². The molecular formula is C23H36Cl2O2Ti. The normalized spacial score (nSPS) is 13.6. The summed E-state index contributed by atoms with van der Waals surface area (Å²) in [4.78, 5) is 0. The molecule has 28 heavy (non-hydrogen) atoms. The van der Waals surface area contributed by atoms with Gasteiger partial charge in [-0.2, -0.15) is 0 Å². The van der Waals surface area contributed by atoms with Gasteiger partial charge in [-0.25, -0.2) is 0 Å². The maximum Gasteiger partial charge on any atom is -0.147 e. The van der Waals surface area contributed by atoms with Crippen LogP contribution < -0.4 is 8.06 Å². The first-order valence-electron chi connectivity index (χ1n) is 9.39. The fraction of sp³-hybridized carbons (Fsp3) is 0.522. The summed E-state index contributed by atoms with van der Waals surface area (Å²) in [5, 5.41) is 0. The minimum absolute atomic E-state index is 0. The summed E-state index contributed by atoms with van der Waals surface area (Å²) in [6, 6.07) is 6.34. The summed E-state index contributed by atoms with van der Waals surface area (Å²) in [5.41, 5.74) is 2.92. The Morgan fingerprint density at radius 1 is 0.893 bits per heavy atom. The van der Waals surface area contributed by atoms with Crippen LogP contribution in [0.2, 0.25) is 0 Å². The summed E-state index contributed by atoms with van der Waals surface area (Å²) < 4.78 is 15.2. The predicted molar refractivity (Wildman–Crippen MR) is 123 cm³/mol. The molecule has 0 saturated carbocycles. The summed E-state index contributed by atoms with van der Waals surface area (Å²) in [6.45, 7) is 18.0. The van der Waals surface area contributed by atoms with Gasteiger partial charge < -0.3 is 0 Å². The van der Waals surface area contributed by atoms with Gasteiger partial charge in [-0.15, -0.1) is 24.8 Å². The summed E-state index contributed by atoms with van der Waals surface area (Å²) in [7, 11) is 1.72. The number of allylic oxidation sites excluding steroid dienone is 4. The smallest absolute Gasteiger partial charge is 0.147 e. The van der Waals surface area contributed by atoms with Crippen molar-refractivity contribution in [3.8, 4) is 11.5 Å². The molecule has 0 fully saturated rings. The first-order chi connectivity index (χ1) is 11.9. The van der Waals surface area contributed by atoms with Crippen molar-refractivity contribution >= 4 is 28.6 Å². The van der Waals surface area contributed by atoms with Crippen LogP contribution in [0.3, 0.4) is 0 Å². The number of methoxy groups -OCH3 is 1. The van der Waals surface area contributed by atoms with Crippen LogP contribution in [-0.2, 0) is 23.2 Å². The van der Waals surface area contributed by atoms with Gasteiger partial charge in [0.15, 0.2) is 0 Å². The molecule has 0 spiro atoms. The molecule has 1 aliphatic carbocycles. The Bertz CT molecular complexity index is 775. The number of ether oxygens (including phenoxy) is 1. The van der Waals surface area contributed by atoms with E-state index in [2.05, 4.69) is 79.7 Å². The fourth-order valence-corrected chi connectivity index (χ4v) is 6.76. The molecule has 0 amide bonds. The molecule has 0 heterocycles. The van der Waals surface area contributed by atoms with Crippen LogP contribution in [0.25, 0.3) is 0 Å². The Labute approximate surface area is 190 Å². The second kappa shape index (κ2) is 10.5. The standard InChI is InChI=1S/C11H16O2.C9H13.C3H6.2ClH.Ti/c1-11(2,3)8-5-9(12)7-10(6-8)13-4;1-9(2,3)8-6-4-5-7-8;1-3-2;;;/h5-7,12H,1-4H3;4,6H,5H2,1-3H3;1-2H3;2*1H;/q;;;;;+1/p-1. The second-order valence-corrected chi connectivity index (χ2v) is 13.2. The van der Waals surface area contributed by atoms with Crippen molar-refractivity contribution in [2.24, 2.45) is 5.41 Å². The molecule has 0 bridgehead atoms. The van der Waals surface area contributed by atoms with Crippen LogP contribution >= 0.6 is 24.8 Å². The summed E-state index contributed by atoms with van der Waals surface area (Å²) in [5.74, 6) is 1.81. The van der Waals surface area contributed by atoms with Gasteiger partial charge in [-0.05, 0) is 0 Å². The minimum Gasteiger partial charge on any atom is -0.147 e. The van der Waals surface area contributed by atoms with Gasteiger partial charge in [0.05, 0.1) is 0 Å². The molecule has 0 radical (unpaired) electrons. The van der Waals surface area contributed by atoms with Crippen molar-refractivity contribution in [1.82, 2.24) is 0 Å². The third-order valence-electron chi connectivity index (χ3n) is 4.67. The maximum atomic E-state index is 6.72. The van der Waals surface area contributed by atoms with E-state index in [4.69, 9.17) is 8.06 Å². The molecule has 0 atom stereocenters. The Morgan fingerprint density at radius 2 is 1.46 bits per heavy atom. The Morgan fingerprint density at radius 3 is 1.93 bits per heavy atom. The molecule has 2 nitrogen and oxygen atoms in total. The second-order valence-electron chi connectivity index (χ2n) is 9.33. The molecule has 0 N–H and O–H groups in total. The van der Waals surface area contributed by atoms with Crippen LogP contribution in [0.15, 0.2) is 39.8 Å². The van der Waals surface area contributed by atoms with Crippen molar-refractivity contribution in [3.63, 3.8) is 0 Å². The molecular weight excluding hydrogens is 427 g/mol. The number of hydrogen-bond donors (Lipinski definition) is 0. The molecule has 5 heteroatoms. The zero-order chi connectivity index (χ0) is 19.7. The van der Waals surface area contributed by atoms with Crippen LogP contribution in [0, 0.1) is 5.41 Å². The van der Waals surface area contributed by atoms with Crippen molar-refractivity contribution in [2.75, 3.05) is 7.11 Å². The van der Waals surface area contributed by atoms with E-state index in [1.54, 1.807) is 7.11 Å². The molecule has 2 rings (SSSR count). The Kier molecular flexibility index (Phi) is 10.3. The van der Waals surface area contributed by atoms with Gasteiger partial charge in [0.1, 0.15) is 0 Å². The summed E-state index contributed by atoms with van der Waals surface area (Å²) >= 11 is -2.00. The van der Waals surface area contributed by atoms with E-state index in [-0.39, 0.29) is 35.6 Å². The SMILES string of the molecule is COc1cc([O][Ti]([C]2=C(C(C)(C)C)C=CC2)=[C](C)C)cc(C(C)(C)C)c1.Cl.Cl. The predicted octanol–water partition coefficient (Wildman–Crippen LogP) is 7.22. The van der Waals surface area contributed by atoms with Crippen molar-refractivity contribution in [2.45, 2.75) is 67.2 Å². The monoisotopic (exact) mass is 462 g/mol. The van der Waals surface area contributed by atoms with Crippen molar-refractivity contribution in [1.29, 1.82) is 0 Å². The Balaban J connectivity index is 0.00000364. The molecule has 1 aromatic rings. The zero-order valence-electron chi connectivity index (χ0n) is 18.7. The average Bonchev–Trinajstić information content (AvgIpc) is 3.00. The topological polar surface area (TPSA) is 18.5 Å². The largest absolute Gasteiger partial charge is 0.147 e. The van der Waals surface area contributed by atoms with Crippen molar-refractivity contribution in [3.05, 3.63) is 45.4 Å². The van der Waals surface area contributed by atoms with E-state index in [1.165, 1.54) is 18.8 Å². The minimum atomic E-state index is -2.00. The third kappa shape index (κ3) is 6.76. The molecule has 0 aromatic heterocycles. The van der Waals surface area contributed by atoms with Gasteiger partial charge >= 0.3 is 166 Å². The number of rotatable bonds is 4. The van der Waals surface area contributed by atoms with Crippen LogP contribution in [0.1, 0.15) is 67.4 Å². The third-order valence-corrected chi connectivity index (χ3v) is 8.37. The van der Waals surface area contributed by atoms with E-state index >= 15 is 0 Å².